The van der Waals surface area contributed by atoms with Gasteiger partial charge in [-0.25, -0.2) is 9.18 Å². The molecule has 28 heavy (non-hydrogen) atoms. The van der Waals surface area contributed by atoms with Crippen LogP contribution in [0.15, 0.2) is 18.2 Å². The molecular weight excluding hydrogens is 389 g/mol. The average molecular weight is 407 g/mol. The molecule has 0 spiro atoms. The van der Waals surface area contributed by atoms with Crippen molar-refractivity contribution in [1.29, 1.82) is 0 Å². The summed E-state index contributed by atoms with van der Waals surface area (Å²) in [5, 5.41) is 14.0. The van der Waals surface area contributed by atoms with Crippen molar-refractivity contribution in [3.8, 4) is 10.6 Å². The Hall–Kier alpha value is -3.08. The SMILES string of the molecule is CC(=O)NCc1nnc(-c2ccc(N3CC(CNC(C)=O)OC3=O)cc2F)s1. The van der Waals surface area contributed by atoms with Gasteiger partial charge in [0.2, 0.25) is 11.8 Å². The monoisotopic (exact) mass is 407 g/mol. The molecule has 2 heterocycles. The number of nitrogens with zero attached hydrogens (tertiary/aromatic N) is 3. The third-order valence-electron chi connectivity index (χ3n) is 3.90. The van der Waals surface area contributed by atoms with Crippen LogP contribution in [-0.4, -0.2) is 47.3 Å². The number of rotatable bonds is 6. The highest BCUT2D eigenvalue weighted by atomic mass is 32.1. The third-order valence-corrected chi connectivity index (χ3v) is 4.86. The second-order valence-electron chi connectivity index (χ2n) is 6.13. The summed E-state index contributed by atoms with van der Waals surface area (Å²) in [5.41, 5.74) is 0.595. The van der Waals surface area contributed by atoms with Gasteiger partial charge in [-0.2, -0.15) is 0 Å². The van der Waals surface area contributed by atoms with Gasteiger partial charge in [-0.1, -0.05) is 11.3 Å². The topological polar surface area (TPSA) is 114 Å². The van der Waals surface area contributed by atoms with Crippen molar-refractivity contribution in [2.45, 2.75) is 26.5 Å². The van der Waals surface area contributed by atoms with Gasteiger partial charge in [-0.15, -0.1) is 10.2 Å². The van der Waals surface area contributed by atoms with Gasteiger partial charge in [0.1, 0.15) is 16.9 Å². The summed E-state index contributed by atoms with van der Waals surface area (Å²) in [6.07, 6.45) is -1.10. The summed E-state index contributed by atoms with van der Waals surface area (Å²) in [6, 6.07) is 4.34. The Morgan fingerprint density at radius 1 is 1.29 bits per heavy atom. The number of benzene rings is 1. The molecule has 2 N–H and O–H groups in total. The van der Waals surface area contributed by atoms with Gasteiger partial charge in [-0.3, -0.25) is 14.5 Å². The second-order valence-corrected chi connectivity index (χ2v) is 7.19. The van der Waals surface area contributed by atoms with Crippen LogP contribution in [0.3, 0.4) is 0 Å². The van der Waals surface area contributed by atoms with E-state index in [2.05, 4.69) is 20.8 Å². The molecule has 11 heteroatoms. The summed E-state index contributed by atoms with van der Waals surface area (Å²) in [4.78, 5) is 35.3. The molecule has 1 unspecified atom stereocenters. The van der Waals surface area contributed by atoms with E-state index in [0.717, 1.165) is 0 Å². The standard InChI is InChI=1S/C17H18FN5O4S/c1-9(24)19-6-12-8-23(17(26)27-12)11-3-4-13(14(18)5-11)16-22-21-15(28-16)7-20-10(2)25/h3-5,12H,6-8H2,1-2H3,(H,19,24)(H,20,25). The first-order valence-electron chi connectivity index (χ1n) is 8.43. The van der Waals surface area contributed by atoms with Gasteiger partial charge in [0.05, 0.1) is 25.3 Å². The molecule has 3 amide bonds. The lowest BCUT2D eigenvalue weighted by atomic mass is 10.2. The van der Waals surface area contributed by atoms with E-state index >= 15 is 0 Å². The lowest BCUT2D eigenvalue weighted by Crippen LogP contribution is -2.33. The number of halogens is 1. The average Bonchev–Trinajstić information content (AvgIpc) is 3.24. The van der Waals surface area contributed by atoms with Crippen molar-refractivity contribution >= 4 is 34.9 Å². The Bertz CT molecular complexity index is 919. The molecule has 1 aromatic heterocycles. The largest absolute Gasteiger partial charge is 0.442 e. The van der Waals surface area contributed by atoms with Crippen molar-refractivity contribution in [2.75, 3.05) is 18.0 Å². The minimum absolute atomic E-state index is 0.193. The maximum atomic E-state index is 14.6. The molecule has 0 saturated carbocycles. The van der Waals surface area contributed by atoms with Crippen LogP contribution < -0.4 is 15.5 Å². The molecule has 1 atom stereocenters. The zero-order chi connectivity index (χ0) is 20.3. The Labute approximate surface area is 163 Å². The molecule has 0 radical (unpaired) electrons. The van der Waals surface area contributed by atoms with E-state index < -0.39 is 18.0 Å². The van der Waals surface area contributed by atoms with Crippen LogP contribution >= 0.6 is 11.3 Å². The van der Waals surface area contributed by atoms with E-state index in [-0.39, 0.29) is 37.0 Å². The van der Waals surface area contributed by atoms with E-state index in [1.807, 2.05) is 0 Å². The van der Waals surface area contributed by atoms with Crippen molar-refractivity contribution in [3.63, 3.8) is 0 Å². The Morgan fingerprint density at radius 2 is 2.04 bits per heavy atom. The molecule has 9 nitrogen and oxygen atoms in total. The number of ether oxygens (including phenoxy) is 1. The second kappa shape index (κ2) is 8.30. The Kier molecular flexibility index (Phi) is 5.83. The van der Waals surface area contributed by atoms with E-state index in [9.17, 15) is 18.8 Å². The zero-order valence-corrected chi connectivity index (χ0v) is 16.0. The van der Waals surface area contributed by atoms with E-state index in [4.69, 9.17) is 4.74 Å². The molecule has 1 fully saturated rings. The van der Waals surface area contributed by atoms with Gasteiger partial charge >= 0.3 is 6.09 Å². The molecule has 0 aliphatic carbocycles. The predicted molar refractivity (Wildman–Crippen MR) is 99.1 cm³/mol. The van der Waals surface area contributed by atoms with E-state index in [1.54, 1.807) is 6.07 Å². The predicted octanol–water partition coefficient (Wildman–Crippen LogP) is 1.44. The highest BCUT2D eigenvalue weighted by Gasteiger charge is 2.32. The Balaban J connectivity index is 1.71. The van der Waals surface area contributed by atoms with Crippen molar-refractivity contribution < 1.29 is 23.5 Å². The maximum Gasteiger partial charge on any atom is 0.414 e. The van der Waals surface area contributed by atoms with Crippen LogP contribution in [0.4, 0.5) is 14.9 Å². The molecule has 2 aromatic rings. The minimum atomic E-state index is -0.601. The van der Waals surface area contributed by atoms with E-state index in [0.29, 0.717) is 15.7 Å². The van der Waals surface area contributed by atoms with Crippen LogP contribution in [0.2, 0.25) is 0 Å². The molecule has 1 saturated heterocycles. The van der Waals surface area contributed by atoms with E-state index in [1.165, 1.54) is 42.2 Å². The van der Waals surface area contributed by atoms with Gasteiger partial charge in [-0.05, 0) is 18.2 Å². The summed E-state index contributed by atoms with van der Waals surface area (Å²) in [5.74, 6) is -0.973. The number of cyclic esters (lactones) is 1. The zero-order valence-electron chi connectivity index (χ0n) is 15.2. The van der Waals surface area contributed by atoms with Crippen LogP contribution in [-0.2, 0) is 20.9 Å². The summed E-state index contributed by atoms with van der Waals surface area (Å²) in [7, 11) is 0. The first-order chi connectivity index (χ1) is 13.3. The number of carbonyl (C=O) groups excluding carboxylic acids is 3. The van der Waals surface area contributed by atoms with Gasteiger partial charge in [0, 0.05) is 19.4 Å². The maximum absolute atomic E-state index is 14.6. The normalized spacial score (nSPS) is 16.0. The number of hydrogen-bond acceptors (Lipinski definition) is 7. The minimum Gasteiger partial charge on any atom is -0.442 e. The smallest absolute Gasteiger partial charge is 0.414 e. The summed E-state index contributed by atoms with van der Waals surface area (Å²) < 4.78 is 19.8. The number of nitrogens with one attached hydrogen (secondary N) is 2. The third kappa shape index (κ3) is 4.60. The summed E-state index contributed by atoms with van der Waals surface area (Å²) >= 11 is 1.17. The number of hydrogen-bond donors (Lipinski definition) is 2. The number of aromatic nitrogens is 2. The van der Waals surface area contributed by atoms with Crippen LogP contribution in [0.1, 0.15) is 18.9 Å². The number of anilines is 1. The van der Waals surface area contributed by atoms with Crippen LogP contribution in [0.5, 0.6) is 0 Å². The van der Waals surface area contributed by atoms with Crippen LogP contribution in [0, 0.1) is 5.82 Å². The quantitative estimate of drug-likeness (QED) is 0.749. The molecule has 1 aliphatic rings. The van der Waals surface area contributed by atoms with Gasteiger partial charge in [0.15, 0.2) is 5.01 Å². The lowest BCUT2D eigenvalue weighted by Gasteiger charge is -2.14. The fourth-order valence-corrected chi connectivity index (χ4v) is 3.38. The molecule has 0 bridgehead atoms. The first-order valence-corrected chi connectivity index (χ1v) is 9.24. The fourth-order valence-electron chi connectivity index (χ4n) is 2.58. The molecular formula is C17H18FN5O4S. The van der Waals surface area contributed by atoms with Crippen molar-refractivity contribution in [2.24, 2.45) is 0 Å². The first kappa shape index (κ1) is 19.7. The van der Waals surface area contributed by atoms with Gasteiger partial charge in [0.25, 0.3) is 0 Å². The highest BCUT2D eigenvalue weighted by molar-refractivity contribution is 7.14. The molecule has 3 rings (SSSR count). The molecule has 1 aromatic carbocycles. The summed E-state index contributed by atoms with van der Waals surface area (Å²) in [6.45, 7) is 3.39. The highest BCUT2D eigenvalue weighted by Crippen LogP contribution is 2.30. The van der Waals surface area contributed by atoms with Crippen LogP contribution in [0.25, 0.3) is 10.6 Å². The number of carbonyl (C=O) groups is 3. The van der Waals surface area contributed by atoms with Gasteiger partial charge < -0.3 is 15.4 Å². The molecule has 148 valence electrons. The van der Waals surface area contributed by atoms with Crippen molar-refractivity contribution in [3.05, 3.63) is 29.0 Å². The number of amides is 3. The van der Waals surface area contributed by atoms with Crippen molar-refractivity contribution in [1.82, 2.24) is 20.8 Å². The lowest BCUT2D eigenvalue weighted by molar-refractivity contribution is -0.120. The fraction of sp³-hybridized carbons (Fsp3) is 0.353. The Morgan fingerprint density at radius 3 is 2.71 bits per heavy atom. The molecule has 1 aliphatic heterocycles.